The number of rotatable bonds is 8. The minimum atomic E-state index is -5.03. The van der Waals surface area contributed by atoms with Gasteiger partial charge in [-0.3, -0.25) is 0 Å². The first kappa shape index (κ1) is 33.6. The third-order valence-electron chi connectivity index (χ3n) is 9.38. The molecule has 0 atom stereocenters. The summed E-state index contributed by atoms with van der Waals surface area (Å²) < 4.78 is 71.5. The third-order valence-corrected chi connectivity index (χ3v) is 11.8. The van der Waals surface area contributed by atoms with Gasteiger partial charge in [0.2, 0.25) is 10.0 Å². The van der Waals surface area contributed by atoms with E-state index in [-0.39, 0.29) is 25.0 Å². The molecule has 1 aromatic heterocycles. The summed E-state index contributed by atoms with van der Waals surface area (Å²) in [5, 5.41) is 10.5. The fourth-order valence-corrected chi connectivity index (χ4v) is 8.55. The number of carboxylic acids is 1. The SMILES string of the molecule is O=C(O)c1ccc(S(=O)(=O)N2CCC(n3c(C4CC4)nc4ccc(C(c5ccc(Cl)cc5)c5ccc(Cl)cc5)cc43)CC2)cc1C(F)(F)F. The number of sulfonamides is 1. The predicted molar refractivity (Wildman–Crippen MR) is 181 cm³/mol. The smallest absolute Gasteiger partial charge is 0.417 e. The highest BCUT2D eigenvalue weighted by Gasteiger charge is 2.39. The predicted octanol–water partition coefficient (Wildman–Crippen LogP) is 9.14. The van der Waals surface area contributed by atoms with Crippen LogP contribution in [0.25, 0.3) is 11.0 Å². The number of carboxylic acid groups (broad SMARTS) is 1. The zero-order valence-corrected chi connectivity index (χ0v) is 28.2. The molecule has 254 valence electrons. The van der Waals surface area contributed by atoms with Gasteiger partial charge >= 0.3 is 12.1 Å². The number of piperidine rings is 1. The number of halogens is 5. The van der Waals surface area contributed by atoms with Gasteiger partial charge in [0.25, 0.3) is 0 Å². The van der Waals surface area contributed by atoms with E-state index >= 15 is 0 Å². The van der Waals surface area contributed by atoms with Crippen molar-refractivity contribution in [1.29, 1.82) is 0 Å². The van der Waals surface area contributed by atoms with E-state index in [2.05, 4.69) is 16.7 Å². The Morgan fingerprint density at radius 1 is 0.816 bits per heavy atom. The van der Waals surface area contributed by atoms with Gasteiger partial charge in [-0.1, -0.05) is 53.5 Å². The van der Waals surface area contributed by atoms with E-state index < -0.39 is 38.2 Å². The van der Waals surface area contributed by atoms with Gasteiger partial charge in [0.05, 0.1) is 27.1 Å². The van der Waals surface area contributed by atoms with Crippen molar-refractivity contribution in [2.45, 2.75) is 54.6 Å². The van der Waals surface area contributed by atoms with Crippen molar-refractivity contribution in [2.75, 3.05) is 13.1 Å². The zero-order valence-electron chi connectivity index (χ0n) is 25.9. The minimum absolute atomic E-state index is 0.0800. The van der Waals surface area contributed by atoms with Crippen LogP contribution >= 0.6 is 23.2 Å². The number of fused-ring (bicyclic) bond motifs is 1. The summed E-state index contributed by atoms with van der Waals surface area (Å²) in [6.45, 7) is 0.160. The maximum atomic E-state index is 13.7. The van der Waals surface area contributed by atoms with Crippen LogP contribution in [0.1, 0.15) is 82.0 Å². The number of nitrogens with zero attached hydrogens (tertiary/aromatic N) is 3. The Morgan fingerprint density at radius 2 is 1.39 bits per heavy atom. The summed E-state index contributed by atoms with van der Waals surface area (Å²) in [5.74, 6) is -0.656. The molecule has 49 heavy (non-hydrogen) atoms. The lowest BCUT2D eigenvalue weighted by atomic mass is 9.85. The number of benzene rings is 4. The fraction of sp³-hybridized carbons (Fsp3) is 0.278. The molecule has 0 amide bonds. The monoisotopic (exact) mass is 727 g/mol. The number of hydrogen-bond acceptors (Lipinski definition) is 4. The van der Waals surface area contributed by atoms with Crippen molar-refractivity contribution in [1.82, 2.24) is 13.9 Å². The topological polar surface area (TPSA) is 92.5 Å². The first-order chi connectivity index (χ1) is 23.3. The zero-order chi connectivity index (χ0) is 34.7. The first-order valence-electron chi connectivity index (χ1n) is 15.8. The van der Waals surface area contributed by atoms with Crippen molar-refractivity contribution in [3.8, 4) is 0 Å². The van der Waals surface area contributed by atoms with Crippen molar-refractivity contribution in [3.05, 3.63) is 129 Å². The fourth-order valence-electron chi connectivity index (χ4n) is 6.80. The normalized spacial score (nSPS) is 16.4. The van der Waals surface area contributed by atoms with Crippen molar-refractivity contribution >= 4 is 50.2 Å². The molecule has 0 spiro atoms. The van der Waals surface area contributed by atoms with Gasteiger partial charge in [0.15, 0.2) is 0 Å². The molecule has 1 saturated heterocycles. The van der Waals surface area contributed by atoms with Gasteiger partial charge in [-0.15, -0.1) is 0 Å². The number of carbonyl (C=O) groups is 1. The van der Waals surface area contributed by atoms with Gasteiger partial charge in [-0.05, 0) is 97.0 Å². The highest BCUT2D eigenvalue weighted by molar-refractivity contribution is 7.89. The molecule has 13 heteroatoms. The molecule has 0 bridgehead atoms. The Morgan fingerprint density at radius 3 is 1.92 bits per heavy atom. The second-order valence-corrected chi connectivity index (χ2v) is 15.4. The summed E-state index contributed by atoms with van der Waals surface area (Å²) in [7, 11) is -4.32. The lowest BCUT2D eigenvalue weighted by Crippen LogP contribution is -2.39. The van der Waals surface area contributed by atoms with Crippen LogP contribution in [0.4, 0.5) is 13.2 Å². The van der Waals surface area contributed by atoms with E-state index in [9.17, 15) is 31.5 Å². The van der Waals surface area contributed by atoms with Gasteiger partial charge < -0.3 is 9.67 Å². The van der Waals surface area contributed by atoms with Gasteiger partial charge in [-0.2, -0.15) is 17.5 Å². The van der Waals surface area contributed by atoms with Crippen LogP contribution in [-0.4, -0.2) is 46.4 Å². The molecule has 1 N–H and O–H groups in total. The number of aromatic nitrogens is 2. The van der Waals surface area contributed by atoms with Crippen LogP contribution in [0.2, 0.25) is 10.0 Å². The number of aromatic carboxylic acids is 1. The molecule has 5 aromatic rings. The van der Waals surface area contributed by atoms with Crippen LogP contribution in [0, 0.1) is 0 Å². The molecule has 4 aromatic carbocycles. The van der Waals surface area contributed by atoms with Crippen LogP contribution < -0.4 is 0 Å². The van der Waals surface area contributed by atoms with Crippen molar-refractivity contribution in [2.24, 2.45) is 0 Å². The average molecular weight is 729 g/mol. The molecule has 2 fully saturated rings. The van der Waals surface area contributed by atoms with Crippen molar-refractivity contribution < 1.29 is 31.5 Å². The minimum Gasteiger partial charge on any atom is -0.478 e. The molecular weight excluding hydrogens is 698 g/mol. The largest absolute Gasteiger partial charge is 0.478 e. The Bertz CT molecular complexity index is 2110. The Balaban J connectivity index is 1.22. The van der Waals surface area contributed by atoms with E-state index in [1.807, 2.05) is 54.6 Å². The van der Waals surface area contributed by atoms with Crippen LogP contribution in [-0.2, 0) is 16.2 Å². The summed E-state index contributed by atoms with van der Waals surface area (Å²) in [4.78, 5) is 15.8. The molecule has 2 aliphatic rings. The Hall–Kier alpha value is -3.90. The van der Waals surface area contributed by atoms with Gasteiger partial charge in [0.1, 0.15) is 5.82 Å². The summed E-state index contributed by atoms with van der Waals surface area (Å²) >= 11 is 12.5. The molecule has 0 radical (unpaired) electrons. The quantitative estimate of drug-likeness (QED) is 0.161. The van der Waals surface area contributed by atoms with E-state index in [0.29, 0.717) is 40.9 Å². The molecule has 0 unspecified atom stereocenters. The summed E-state index contributed by atoms with van der Waals surface area (Å²) in [5.41, 5.74) is 2.40. The summed E-state index contributed by atoms with van der Waals surface area (Å²) in [6.07, 6.45) is -2.17. The maximum absolute atomic E-state index is 13.7. The highest BCUT2D eigenvalue weighted by Crippen LogP contribution is 2.44. The van der Waals surface area contributed by atoms with Crippen LogP contribution in [0.3, 0.4) is 0 Å². The number of imidazole rings is 1. The Kier molecular flexibility index (Phi) is 8.75. The standard InChI is InChI=1S/C36H30Cl2F3N3O4S/c37-25-8-3-21(4-9-25)33(22-5-10-26(38)11-6-22)24-7-14-31-32(19-24)44(34(42-31)23-1-2-23)27-15-17-43(18-16-27)49(47,48)28-12-13-29(35(45)46)30(20-28)36(39,40)41/h3-14,19-20,23,27,33H,1-2,15-18H2,(H,45,46). The molecular formula is C36H30Cl2F3N3O4S. The van der Waals surface area contributed by atoms with Crippen molar-refractivity contribution in [3.63, 3.8) is 0 Å². The van der Waals surface area contributed by atoms with E-state index in [1.54, 1.807) is 0 Å². The van der Waals surface area contributed by atoms with E-state index in [4.69, 9.17) is 28.2 Å². The molecule has 1 saturated carbocycles. The molecule has 1 aliphatic carbocycles. The average Bonchev–Trinajstić information content (AvgIpc) is 3.86. The molecule has 7 rings (SSSR count). The van der Waals surface area contributed by atoms with Gasteiger partial charge in [0, 0.05) is 41.0 Å². The van der Waals surface area contributed by atoms with Gasteiger partial charge in [-0.25, -0.2) is 18.2 Å². The molecule has 2 heterocycles. The highest BCUT2D eigenvalue weighted by atomic mass is 35.5. The van der Waals surface area contributed by atoms with Crippen LogP contribution in [0.5, 0.6) is 0 Å². The number of alkyl halides is 3. The third kappa shape index (κ3) is 6.57. The number of hydrogen-bond donors (Lipinski definition) is 1. The molecule has 1 aliphatic heterocycles. The second kappa shape index (κ2) is 12.8. The van der Waals surface area contributed by atoms with Crippen LogP contribution in [0.15, 0.2) is 89.8 Å². The second-order valence-electron chi connectivity index (χ2n) is 12.5. The molecule has 7 nitrogen and oxygen atoms in total. The lowest BCUT2D eigenvalue weighted by Gasteiger charge is -2.33. The lowest BCUT2D eigenvalue weighted by molar-refractivity contribution is -0.138. The van der Waals surface area contributed by atoms with E-state index in [1.165, 1.54) is 4.31 Å². The van der Waals surface area contributed by atoms with E-state index in [0.717, 1.165) is 52.5 Å². The maximum Gasteiger partial charge on any atom is 0.417 e. The first-order valence-corrected chi connectivity index (χ1v) is 18.0. The Labute approximate surface area is 291 Å². The summed E-state index contributed by atoms with van der Waals surface area (Å²) in [6, 6.07) is 23.6.